The molecule has 148 valence electrons. The molecule has 0 spiro atoms. The van der Waals surface area contributed by atoms with Crippen LogP contribution >= 0.6 is 7.26 Å². The van der Waals surface area contributed by atoms with E-state index in [2.05, 4.69) is 97.6 Å². The summed E-state index contributed by atoms with van der Waals surface area (Å²) in [5.74, 6) is -0.305. The van der Waals surface area contributed by atoms with Crippen molar-refractivity contribution in [3.63, 3.8) is 0 Å². The lowest BCUT2D eigenvalue weighted by Gasteiger charge is -2.27. The number of hydrogen-bond donors (Lipinski definition) is 0. The van der Waals surface area contributed by atoms with Crippen LogP contribution in [0.1, 0.15) is 19.8 Å². The largest absolute Gasteiger partial charge is 0.462 e. The van der Waals surface area contributed by atoms with Gasteiger partial charge < -0.3 is 4.74 Å². The maximum absolute atomic E-state index is 11.7. The van der Waals surface area contributed by atoms with Crippen molar-refractivity contribution in [1.29, 1.82) is 0 Å². The van der Waals surface area contributed by atoms with Crippen LogP contribution in [-0.2, 0) is 9.53 Å². The predicted molar refractivity (Wildman–Crippen MR) is 125 cm³/mol. The van der Waals surface area contributed by atoms with E-state index in [9.17, 15) is 4.79 Å². The fourth-order valence-electron chi connectivity index (χ4n) is 3.62. The van der Waals surface area contributed by atoms with Gasteiger partial charge in [-0.25, -0.2) is 4.79 Å². The Kier molecular flexibility index (Phi) is 7.38. The van der Waals surface area contributed by atoms with Crippen molar-refractivity contribution in [2.75, 3.05) is 12.8 Å². The highest BCUT2D eigenvalue weighted by molar-refractivity contribution is 7.95. The number of carbonyl (C=O) groups is 1. The van der Waals surface area contributed by atoms with Crippen molar-refractivity contribution in [3.05, 3.63) is 103 Å². The molecule has 0 aromatic heterocycles. The van der Waals surface area contributed by atoms with Gasteiger partial charge in [-0.2, -0.15) is 0 Å². The number of benzene rings is 3. The minimum Gasteiger partial charge on any atom is -0.462 e. The maximum atomic E-state index is 11.7. The van der Waals surface area contributed by atoms with Crippen molar-refractivity contribution >= 4 is 29.1 Å². The van der Waals surface area contributed by atoms with Gasteiger partial charge in [-0.3, -0.25) is 0 Å². The summed E-state index contributed by atoms with van der Waals surface area (Å²) < 4.78 is 5.31. The van der Waals surface area contributed by atoms with E-state index in [4.69, 9.17) is 4.74 Å². The summed E-state index contributed by atoms with van der Waals surface area (Å²) in [5.41, 5.74) is 0.449. The van der Waals surface area contributed by atoms with Gasteiger partial charge in [-0.1, -0.05) is 61.2 Å². The Hall–Kier alpha value is -2.70. The molecule has 2 nitrogen and oxygen atoms in total. The summed E-state index contributed by atoms with van der Waals surface area (Å²) in [6, 6.07) is 32.6. The molecule has 0 heterocycles. The second-order valence-corrected chi connectivity index (χ2v) is 10.8. The first-order chi connectivity index (χ1) is 14.1. The molecule has 0 aliphatic carbocycles. The summed E-state index contributed by atoms with van der Waals surface area (Å²) in [6.07, 6.45) is 2.86. The molecule has 3 aromatic carbocycles. The van der Waals surface area contributed by atoms with Gasteiger partial charge in [0.05, 0.1) is 12.8 Å². The fourth-order valence-corrected chi connectivity index (χ4v) is 8.03. The minimum atomic E-state index is -1.79. The van der Waals surface area contributed by atoms with Gasteiger partial charge in [0.25, 0.3) is 0 Å². The van der Waals surface area contributed by atoms with Gasteiger partial charge in [-0.05, 0) is 56.2 Å². The molecule has 0 saturated carbocycles. The van der Waals surface area contributed by atoms with E-state index in [1.165, 1.54) is 15.9 Å². The predicted octanol–water partition coefficient (Wildman–Crippen LogP) is 4.88. The highest BCUT2D eigenvalue weighted by atomic mass is 31.2. The Bertz CT molecular complexity index is 824. The zero-order valence-corrected chi connectivity index (χ0v) is 17.9. The normalized spacial score (nSPS) is 11.1. The third-order valence-electron chi connectivity index (χ3n) is 5.06. The molecule has 3 aromatic rings. The third-order valence-corrected chi connectivity index (χ3v) is 9.59. The molecule has 0 fully saturated rings. The molecule has 3 heteroatoms. The molecule has 0 unspecified atom stereocenters. The van der Waals surface area contributed by atoms with Crippen LogP contribution in [0.2, 0.25) is 0 Å². The summed E-state index contributed by atoms with van der Waals surface area (Å²) in [5, 5.41) is 4.16. The maximum Gasteiger partial charge on any atom is 0.333 e. The Labute approximate surface area is 174 Å². The molecule has 0 saturated heterocycles. The molecule has 3 rings (SSSR count). The van der Waals surface area contributed by atoms with Gasteiger partial charge in [0.1, 0.15) is 23.2 Å². The number of carbonyl (C=O) groups excluding carboxylic acids is 1. The summed E-state index contributed by atoms with van der Waals surface area (Å²) in [6.45, 7) is 5.76. The average Bonchev–Trinajstić information content (AvgIpc) is 2.78. The Morgan fingerprint density at radius 1 is 0.759 bits per heavy atom. The summed E-state index contributed by atoms with van der Waals surface area (Å²) in [4.78, 5) is 11.7. The van der Waals surface area contributed by atoms with Crippen molar-refractivity contribution in [3.8, 4) is 0 Å². The standard InChI is InChI=1S/C26H28O2P/c1-22(2)26(27)28-20-12-13-21-29(23-14-6-3-7-15-23,24-16-8-4-9-17-24)25-18-10-5-11-19-25/h3-11,14-19H,1,12-13,20-21H2,2H3/q+1. The third kappa shape index (κ3) is 5.02. The van der Waals surface area contributed by atoms with E-state index in [-0.39, 0.29) is 5.97 Å². The monoisotopic (exact) mass is 403 g/mol. The van der Waals surface area contributed by atoms with E-state index in [1.807, 2.05) is 0 Å². The molecule has 29 heavy (non-hydrogen) atoms. The van der Waals surface area contributed by atoms with Crippen LogP contribution in [0.5, 0.6) is 0 Å². The number of ether oxygens (including phenoxy) is 1. The first-order valence-electron chi connectivity index (χ1n) is 10.0. The highest BCUT2D eigenvalue weighted by Crippen LogP contribution is 2.55. The van der Waals surface area contributed by atoms with Gasteiger partial charge in [0, 0.05) is 5.57 Å². The van der Waals surface area contributed by atoms with Crippen LogP contribution < -0.4 is 15.9 Å². The number of unbranched alkanes of at least 4 members (excludes halogenated alkanes) is 1. The molecule has 0 bridgehead atoms. The van der Waals surface area contributed by atoms with Crippen molar-refractivity contribution in [2.45, 2.75) is 19.8 Å². The Morgan fingerprint density at radius 2 is 1.17 bits per heavy atom. The molecule has 0 aliphatic rings. The molecule has 0 amide bonds. The second kappa shape index (κ2) is 10.2. The summed E-state index contributed by atoms with van der Waals surface area (Å²) >= 11 is 0. The smallest absolute Gasteiger partial charge is 0.333 e. The quantitative estimate of drug-likeness (QED) is 0.220. The lowest BCUT2D eigenvalue weighted by molar-refractivity contribution is -0.139. The Balaban J connectivity index is 1.93. The van der Waals surface area contributed by atoms with Crippen LogP contribution in [0, 0.1) is 0 Å². The first-order valence-corrected chi connectivity index (χ1v) is 12.0. The second-order valence-electron chi connectivity index (χ2n) is 7.16. The number of esters is 1. The molecule has 0 radical (unpaired) electrons. The highest BCUT2D eigenvalue weighted by Gasteiger charge is 2.44. The Morgan fingerprint density at radius 3 is 1.55 bits per heavy atom. The lowest BCUT2D eigenvalue weighted by Crippen LogP contribution is -2.33. The van der Waals surface area contributed by atoms with Crippen LogP contribution in [-0.4, -0.2) is 18.7 Å². The zero-order chi connectivity index (χ0) is 20.5. The molecular weight excluding hydrogens is 375 g/mol. The van der Waals surface area contributed by atoms with Crippen LogP contribution in [0.4, 0.5) is 0 Å². The van der Waals surface area contributed by atoms with E-state index < -0.39 is 7.26 Å². The topological polar surface area (TPSA) is 26.3 Å². The lowest BCUT2D eigenvalue weighted by atomic mass is 10.3. The summed E-state index contributed by atoms with van der Waals surface area (Å²) in [7, 11) is -1.79. The minimum absolute atomic E-state index is 0.305. The van der Waals surface area contributed by atoms with E-state index >= 15 is 0 Å². The van der Waals surface area contributed by atoms with Gasteiger partial charge in [-0.15, -0.1) is 0 Å². The van der Waals surface area contributed by atoms with E-state index in [0.717, 1.165) is 19.0 Å². The van der Waals surface area contributed by atoms with Gasteiger partial charge in [0.15, 0.2) is 0 Å². The van der Waals surface area contributed by atoms with Crippen molar-refractivity contribution in [1.82, 2.24) is 0 Å². The molecular formula is C26H28O2P+. The first kappa shape index (κ1) is 21.0. The molecule has 0 aliphatic heterocycles. The average molecular weight is 403 g/mol. The van der Waals surface area contributed by atoms with E-state index in [0.29, 0.717) is 12.2 Å². The van der Waals surface area contributed by atoms with Crippen LogP contribution in [0.25, 0.3) is 0 Å². The molecule has 0 atom stereocenters. The van der Waals surface area contributed by atoms with E-state index in [1.54, 1.807) is 6.92 Å². The SMILES string of the molecule is C=C(C)C(=O)OCCCC[P+](c1ccccc1)(c1ccccc1)c1ccccc1. The molecule has 0 N–H and O–H groups in total. The fraction of sp³-hybridized carbons (Fsp3) is 0.192. The zero-order valence-electron chi connectivity index (χ0n) is 17.0. The number of hydrogen-bond acceptors (Lipinski definition) is 2. The number of rotatable bonds is 9. The van der Waals surface area contributed by atoms with Gasteiger partial charge in [0.2, 0.25) is 0 Å². The van der Waals surface area contributed by atoms with Crippen molar-refractivity contribution < 1.29 is 9.53 Å². The van der Waals surface area contributed by atoms with Crippen LogP contribution in [0.3, 0.4) is 0 Å². The van der Waals surface area contributed by atoms with Gasteiger partial charge >= 0.3 is 5.97 Å². The van der Waals surface area contributed by atoms with Crippen molar-refractivity contribution in [2.24, 2.45) is 0 Å². The van der Waals surface area contributed by atoms with Crippen LogP contribution in [0.15, 0.2) is 103 Å².